The predicted octanol–water partition coefficient (Wildman–Crippen LogP) is 4.21. The number of anilines is 1. The summed E-state index contributed by atoms with van der Waals surface area (Å²) in [6.45, 7) is 2.17. The molecular weight excluding hydrogens is 388 g/mol. The van der Waals surface area contributed by atoms with E-state index in [1.165, 1.54) is 24.5 Å². The summed E-state index contributed by atoms with van der Waals surface area (Å²) in [7, 11) is 2.90. The Morgan fingerprint density at radius 2 is 2.00 bits per heavy atom. The van der Waals surface area contributed by atoms with Crippen molar-refractivity contribution >= 4 is 34.3 Å². The standard InChI is InChI=1S/C22H22N2O4S/c1-13-4-9-17-18(10-13)29-21(19(17)22(26)28-3)24-20(25)15(12-23)11-14-5-7-16(27-2)8-6-14/h5-8,11,13H,4,9-10H2,1-3H3,(H,24,25). The lowest BCUT2D eigenvalue weighted by Gasteiger charge is -2.18. The van der Waals surface area contributed by atoms with E-state index < -0.39 is 11.9 Å². The number of carbonyl (C=O) groups excluding carboxylic acids is 2. The third-order valence-electron chi connectivity index (χ3n) is 4.92. The minimum atomic E-state index is -0.555. The van der Waals surface area contributed by atoms with E-state index >= 15 is 0 Å². The Kier molecular flexibility index (Phi) is 6.35. The van der Waals surface area contributed by atoms with Gasteiger partial charge < -0.3 is 14.8 Å². The van der Waals surface area contributed by atoms with E-state index in [1.54, 1.807) is 31.4 Å². The minimum Gasteiger partial charge on any atom is -0.497 e. The number of hydrogen-bond acceptors (Lipinski definition) is 6. The normalized spacial score (nSPS) is 15.8. The molecule has 6 nitrogen and oxygen atoms in total. The number of rotatable bonds is 5. The summed E-state index contributed by atoms with van der Waals surface area (Å²) in [6.07, 6.45) is 4.14. The molecule has 7 heteroatoms. The fourth-order valence-corrected chi connectivity index (χ4v) is 4.74. The smallest absolute Gasteiger partial charge is 0.341 e. The minimum absolute atomic E-state index is 0.0503. The van der Waals surface area contributed by atoms with Crippen LogP contribution in [0, 0.1) is 17.2 Å². The van der Waals surface area contributed by atoms with Crippen molar-refractivity contribution in [2.24, 2.45) is 5.92 Å². The zero-order valence-electron chi connectivity index (χ0n) is 16.6. The van der Waals surface area contributed by atoms with Crippen molar-refractivity contribution in [2.45, 2.75) is 26.2 Å². The molecule has 0 saturated heterocycles. The second-order valence-corrected chi connectivity index (χ2v) is 8.05. The van der Waals surface area contributed by atoms with E-state index in [1.807, 2.05) is 6.07 Å². The van der Waals surface area contributed by atoms with Crippen molar-refractivity contribution < 1.29 is 19.1 Å². The summed E-state index contributed by atoms with van der Waals surface area (Å²) < 4.78 is 10.1. The molecule has 1 aliphatic carbocycles. The topological polar surface area (TPSA) is 88.4 Å². The lowest BCUT2D eigenvalue weighted by molar-refractivity contribution is -0.112. The van der Waals surface area contributed by atoms with Gasteiger partial charge in [-0.25, -0.2) is 4.79 Å². The number of nitrogens with zero attached hydrogens (tertiary/aromatic N) is 1. The van der Waals surface area contributed by atoms with E-state index in [9.17, 15) is 14.9 Å². The third-order valence-corrected chi connectivity index (χ3v) is 6.09. The number of ether oxygens (including phenoxy) is 2. The van der Waals surface area contributed by atoms with Gasteiger partial charge in [-0.1, -0.05) is 19.1 Å². The number of nitrogens with one attached hydrogen (secondary N) is 1. The maximum absolute atomic E-state index is 12.7. The molecule has 1 atom stereocenters. The van der Waals surface area contributed by atoms with Gasteiger partial charge in [0.25, 0.3) is 5.91 Å². The quantitative estimate of drug-likeness (QED) is 0.453. The van der Waals surface area contributed by atoms with Gasteiger partial charge in [0.1, 0.15) is 22.4 Å². The largest absolute Gasteiger partial charge is 0.497 e. The van der Waals surface area contributed by atoms with Crippen LogP contribution in [-0.4, -0.2) is 26.1 Å². The molecule has 0 radical (unpaired) electrons. The van der Waals surface area contributed by atoms with Gasteiger partial charge >= 0.3 is 5.97 Å². The number of carbonyl (C=O) groups is 2. The molecule has 0 saturated carbocycles. The number of thiophene rings is 1. The molecule has 1 aromatic carbocycles. The van der Waals surface area contributed by atoms with Crippen LogP contribution in [0.15, 0.2) is 29.8 Å². The van der Waals surface area contributed by atoms with Crippen LogP contribution in [0.4, 0.5) is 5.00 Å². The fraction of sp³-hybridized carbons (Fsp3) is 0.318. The molecule has 1 aromatic heterocycles. The summed E-state index contributed by atoms with van der Waals surface area (Å²) in [4.78, 5) is 26.2. The zero-order valence-corrected chi connectivity index (χ0v) is 17.4. The van der Waals surface area contributed by atoms with Crippen molar-refractivity contribution in [3.63, 3.8) is 0 Å². The molecule has 1 unspecified atom stereocenters. The molecule has 3 rings (SSSR count). The first kappa shape index (κ1) is 20.6. The number of hydrogen-bond donors (Lipinski definition) is 1. The van der Waals surface area contributed by atoms with Gasteiger partial charge in [-0.2, -0.15) is 5.26 Å². The highest BCUT2D eigenvalue weighted by Gasteiger charge is 2.29. The first-order valence-corrected chi connectivity index (χ1v) is 10.1. The number of fused-ring (bicyclic) bond motifs is 1. The Bertz CT molecular complexity index is 999. The van der Waals surface area contributed by atoms with Crippen LogP contribution in [0.5, 0.6) is 5.75 Å². The molecule has 0 fully saturated rings. The molecule has 0 aliphatic heterocycles. The van der Waals surface area contributed by atoms with Gasteiger partial charge in [0.05, 0.1) is 19.8 Å². The van der Waals surface area contributed by atoms with Crippen LogP contribution in [0.1, 0.15) is 39.7 Å². The molecule has 150 valence electrons. The number of methoxy groups -OCH3 is 2. The molecule has 1 N–H and O–H groups in total. The molecule has 2 aromatic rings. The van der Waals surface area contributed by atoms with Gasteiger partial charge in [-0.15, -0.1) is 11.3 Å². The average Bonchev–Trinajstić information content (AvgIpc) is 3.08. The summed E-state index contributed by atoms with van der Waals surface area (Å²) in [5, 5.41) is 12.7. The fourth-order valence-electron chi connectivity index (χ4n) is 3.34. The third kappa shape index (κ3) is 4.49. The lowest BCUT2D eigenvalue weighted by atomic mass is 9.88. The van der Waals surface area contributed by atoms with E-state index in [2.05, 4.69) is 12.2 Å². The van der Waals surface area contributed by atoms with Crippen LogP contribution in [-0.2, 0) is 22.4 Å². The van der Waals surface area contributed by atoms with Crippen LogP contribution < -0.4 is 10.1 Å². The van der Waals surface area contributed by atoms with Gasteiger partial charge in [-0.05, 0) is 54.5 Å². The molecule has 1 aliphatic rings. The van der Waals surface area contributed by atoms with Crippen molar-refractivity contribution in [1.29, 1.82) is 5.26 Å². The monoisotopic (exact) mass is 410 g/mol. The Labute approximate surface area is 173 Å². The summed E-state index contributed by atoms with van der Waals surface area (Å²) in [6, 6.07) is 8.96. The Morgan fingerprint density at radius 1 is 1.28 bits per heavy atom. The van der Waals surface area contributed by atoms with Gasteiger partial charge in [0, 0.05) is 4.88 Å². The summed E-state index contributed by atoms with van der Waals surface area (Å²) >= 11 is 1.39. The van der Waals surface area contributed by atoms with Crippen molar-refractivity contribution in [2.75, 3.05) is 19.5 Å². The van der Waals surface area contributed by atoms with E-state index in [-0.39, 0.29) is 5.57 Å². The van der Waals surface area contributed by atoms with E-state index in [0.29, 0.717) is 27.8 Å². The predicted molar refractivity (Wildman–Crippen MR) is 112 cm³/mol. The first-order valence-electron chi connectivity index (χ1n) is 9.26. The Hall–Kier alpha value is -3.11. The van der Waals surface area contributed by atoms with E-state index in [4.69, 9.17) is 9.47 Å². The van der Waals surface area contributed by atoms with Crippen molar-refractivity contribution in [3.8, 4) is 11.8 Å². The lowest BCUT2D eigenvalue weighted by Crippen LogP contribution is -2.16. The molecular formula is C22H22N2O4S. The molecule has 1 amide bonds. The highest BCUT2D eigenvalue weighted by Crippen LogP contribution is 2.40. The van der Waals surface area contributed by atoms with Crippen LogP contribution in [0.3, 0.4) is 0 Å². The molecule has 1 heterocycles. The highest BCUT2D eigenvalue weighted by atomic mass is 32.1. The maximum Gasteiger partial charge on any atom is 0.341 e. The number of nitriles is 1. The van der Waals surface area contributed by atoms with Crippen LogP contribution in [0.25, 0.3) is 6.08 Å². The Morgan fingerprint density at radius 3 is 2.62 bits per heavy atom. The van der Waals surface area contributed by atoms with Crippen LogP contribution in [0.2, 0.25) is 0 Å². The molecule has 0 bridgehead atoms. The second-order valence-electron chi connectivity index (χ2n) is 6.94. The number of amides is 1. The first-order chi connectivity index (χ1) is 14.0. The van der Waals surface area contributed by atoms with E-state index in [0.717, 1.165) is 29.7 Å². The summed E-state index contributed by atoms with van der Waals surface area (Å²) in [5.74, 6) is 0.191. The highest BCUT2D eigenvalue weighted by molar-refractivity contribution is 7.17. The SMILES string of the molecule is COC(=O)c1c(NC(=O)C(C#N)=Cc2ccc(OC)cc2)sc2c1CCC(C)C2. The zero-order chi connectivity index (χ0) is 21.0. The van der Waals surface area contributed by atoms with Crippen molar-refractivity contribution in [3.05, 3.63) is 51.4 Å². The maximum atomic E-state index is 12.7. The Balaban J connectivity index is 1.89. The number of benzene rings is 1. The molecule has 0 spiro atoms. The van der Waals surface area contributed by atoms with Gasteiger partial charge in [-0.3, -0.25) is 4.79 Å². The van der Waals surface area contributed by atoms with Crippen LogP contribution >= 0.6 is 11.3 Å². The van der Waals surface area contributed by atoms with Gasteiger partial charge in [0.15, 0.2) is 0 Å². The van der Waals surface area contributed by atoms with Crippen molar-refractivity contribution in [1.82, 2.24) is 0 Å². The number of esters is 1. The summed E-state index contributed by atoms with van der Waals surface area (Å²) in [5.41, 5.74) is 2.01. The second kappa shape index (κ2) is 8.93. The molecule has 29 heavy (non-hydrogen) atoms. The van der Waals surface area contributed by atoms with Gasteiger partial charge in [0.2, 0.25) is 0 Å². The average molecular weight is 410 g/mol.